The Hall–Kier alpha value is -2.17. The highest BCUT2D eigenvalue weighted by molar-refractivity contribution is 5.74. The highest BCUT2D eigenvalue weighted by Gasteiger charge is 2.19. The molecule has 0 saturated heterocycles. The van der Waals surface area contributed by atoms with Gasteiger partial charge in [-0.25, -0.2) is 14.4 Å². The molecule has 2 rings (SSSR count). The highest BCUT2D eigenvalue weighted by Crippen LogP contribution is 2.36. The van der Waals surface area contributed by atoms with Gasteiger partial charge in [-0.3, -0.25) is 0 Å². The summed E-state index contributed by atoms with van der Waals surface area (Å²) in [5, 5.41) is 3.23. The Morgan fingerprint density at radius 1 is 1.29 bits per heavy atom. The number of anilines is 1. The molecular formula is C16H20FN3O. The summed E-state index contributed by atoms with van der Waals surface area (Å²) in [5.74, 6) is 1.26. The Balaban J connectivity index is 2.68. The maximum atomic E-state index is 13.6. The normalized spacial score (nSPS) is 10.8. The molecule has 1 heterocycles. The van der Waals surface area contributed by atoms with Crippen LogP contribution in [0.2, 0.25) is 0 Å². The van der Waals surface area contributed by atoms with Crippen molar-refractivity contribution in [2.45, 2.75) is 26.7 Å². The molecule has 0 unspecified atom stereocenters. The topological polar surface area (TPSA) is 47.0 Å². The Morgan fingerprint density at radius 3 is 2.67 bits per heavy atom. The van der Waals surface area contributed by atoms with Crippen molar-refractivity contribution >= 4 is 5.82 Å². The Bertz CT molecular complexity index is 629. The maximum absolute atomic E-state index is 13.6. The van der Waals surface area contributed by atoms with Gasteiger partial charge in [-0.2, -0.15) is 0 Å². The van der Waals surface area contributed by atoms with Gasteiger partial charge in [0, 0.05) is 17.7 Å². The molecule has 4 nitrogen and oxygen atoms in total. The van der Waals surface area contributed by atoms with Crippen LogP contribution in [0.15, 0.2) is 24.5 Å². The number of ether oxygens (including phenoxy) is 1. The van der Waals surface area contributed by atoms with E-state index in [0.29, 0.717) is 17.0 Å². The summed E-state index contributed by atoms with van der Waals surface area (Å²) in [7, 11) is 1.57. The summed E-state index contributed by atoms with van der Waals surface area (Å²) in [6.07, 6.45) is 1.49. The SMILES string of the molecule is CCNc1ncnc(-c2cc(F)ccc2OC)c1C(C)C. The summed E-state index contributed by atoms with van der Waals surface area (Å²) in [6, 6.07) is 4.44. The minimum atomic E-state index is -0.316. The second-order valence-corrected chi connectivity index (χ2v) is 5.01. The van der Waals surface area contributed by atoms with Crippen LogP contribution in [0, 0.1) is 5.82 Å². The lowest BCUT2D eigenvalue weighted by atomic mass is 9.96. The first kappa shape index (κ1) is 15.2. The van der Waals surface area contributed by atoms with Crippen LogP contribution < -0.4 is 10.1 Å². The number of benzene rings is 1. The fourth-order valence-electron chi connectivity index (χ4n) is 2.33. The molecule has 0 bridgehead atoms. The van der Waals surface area contributed by atoms with Crippen LogP contribution in [0.1, 0.15) is 32.3 Å². The van der Waals surface area contributed by atoms with Crippen molar-refractivity contribution in [3.63, 3.8) is 0 Å². The van der Waals surface area contributed by atoms with E-state index in [1.807, 2.05) is 6.92 Å². The number of nitrogens with zero attached hydrogens (tertiary/aromatic N) is 2. The number of rotatable bonds is 5. The van der Waals surface area contributed by atoms with Gasteiger partial charge in [0.2, 0.25) is 0 Å². The Kier molecular flexibility index (Phi) is 4.73. The van der Waals surface area contributed by atoms with Crippen LogP contribution in [-0.4, -0.2) is 23.6 Å². The first-order valence-corrected chi connectivity index (χ1v) is 7.01. The second kappa shape index (κ2) is 6.52. The van der Waals surface area contributed by atoms with E-state index in [-0.39, 0.29) is 11.7 Å². The molecular weight excluding hydrogens is 269 g/mol. The zero-order valence-corrected chi connectivity index (χ0v) is 12.8. The Morgan fingerprint density at radius 2 is 2.05 bits per heavy atom. The first-order chi connectivity index (χ1) is 10.1. The minimum Gasteiger partial charge on any atom is -0.496 e. The van der Waals surface area contributed by atoms with Gasteiger partial charge in [-0.15, -0.1) is 0 Å². The first-order valence-electron chi connectivity index (χ1n) is 7.01. The number of nitrogens with one attached hydrogen (secondary N) is 1. The fourth-order valence-corrected chi connectivity index (χ4v) is 2.33. The van der Waals surface area contributed by atoms with Gasteiger partial charge in [0.25, 0.3) is 0 Å². The molecule has 5 heteroatoms. The largest absolute Gasteiger partial charge is 0.496 e. The van der Waals surface area contributed by atoms with Crippen molar-refractivity contribution < 1.29 is 9.13 Å². The summed E-state index contributed by atoms with van der Waals surface area (Å²) in [5.41, 5.74) is 2.30. The quantitative estimate of drug-likeness (QED) is 0.908. The summed E-state index contributed by atoms with van der Waals surface area (Å²) < 4.78 is 19.0. The molecule has 2 aromatic rings. The molecule has 0 spiro atoms. The monoisotopic (exact) mass is 289 g/mol. The van der Waals surface area contributed by atoms with Crippen LogP contribution in [-0.2, 0) is 0 Å². The molecule has 112 valence electrons. The van der Waals surface area contributed by atoms with Gasteiger partial charge >= 0.3 is 0 Å². The molecule has 1 N–H and O–H groups in total. The zero-order valence-electron chi connectivity index (χ0n) is 12.8. The zero-order chi connectivity index (χ0) is 15.4. The van der Waals surface area contributed by atoms with Crippen LogP contribution in [0.5, 0.6) is 5.75 Å². The van der Waals surface area contributed by atoms with E-state index in [2.05, 4.69) is 29.1 Å². The van der Waals surface area contributed by atoms with E-state index >= 15 is 0 Å². The van der Waals surface area contributed by atoms with E-state index in [1.54, 1.807) is 13.2 Å². The standard InChI is InChI=1S/C16H20FN3O/c1-5-18-16-14(10(2)3)15(19-9-20-16)12-8-11(17)6-7-13(12)21-4/h6-10H,5H2,1-4H3,(H,18,19,20). The molecule has 0 fully saturated rings. The van der Waals surface area contributed by atoms with Gasteiger partial charge in [-0.05, 0) is 31.0 Å². The van der Waals surface area contributed by atoms with Crippen LogP contribution in [0.25, 0.3) is 11.3 Å². The van der Waals surface area contributed by atoms with E-state index < -0.39 is 0 Å². The van der Waals surface area contributed by atoms with E-state index in [4.69, 9.17) is 4.74 Å². The third-order valence-corrected chi connectivity index (χ3v) is 3.22. The van der Waals surface area contributed by atoms with Crippen molar-refractivity contribution in [3.8, 4) is 17.0 Å². The smallest absolute Gasteiger partial charge is 0.133 e. The molecule has 0 atom stereocenters. The van der Waals surface area contributed by atoms with Crippen molar-refractivity contribution in [1.29, 1.82) is 0 Å². The van der Waals surface area contributed by atoms with Crippen molar-refractivity contribution in [3.05, 3.63) is 35.9 Å². The second-order valence-electron chi connectivity index (χ2n) is 5.01. The number of aromatic nitrogens is 2. The average Bonchev–Trinajstić information content (AvgIpc) is 2.47. The van der Waals surface area contributed by atoms with Crippen LogP contribution in [0.4, 0.5) is 10.2 Å². The van der Waals surface area contributed by atoms with Gasteiger partial charge in [0.15, 0.2) is 0 Å². The van der Waals surface area contributed by atoms with Gasteiger partial charge in [-0.1, -0.05) is 13.8 Å². The molecule has 0 aliphatic carbocycles. The molecule has 0 radical (unpaired) electrons. The number of halogens is 1. The van der Waals surface area contributed by atoms with E-state index in [1.165, 1.54) is 18.5 Å². The number of methoxy groups -OCH3 is 1. The third-order valence-electron chi connectivity index (χ3n) is 3.22. The average molecular weight is 289 g/mol. The predicted molar refractivity (Wildman–Crippen MR) is 82.2 cm³/mol. The summed E-state index contributed by atoms with van der Waals surface area (Å²) in [4.78, 5) is 8.66. The van der Waals surface area contributed by atoms with E-state index in [0.717, 1.165) is 17.9 Å². The fraction of sp³-hybridized carbons (Fsp3) is 0.375. The molecule has 0 amide bonds. The predicted octanol–water partition coefficient (Wildman–Crippen LogP) is 3.85. The maximum Gasteiger partial charge on any atom is 0.133 e. The number of hydrogen-bond acceptors (Lipinski definition) is 4. The molecule has 0 saturated carbocycles. The molecule has 21 heavy (non-hydrogen) atoms. The highest BCUT2D eigenvalue weighted by atomic mass is 19.1. The molecule has 1 aromatic carbocycles. The Labute approximate surface area is 124 Å². The van der Waals surface area contributed by atoms with Crippen molar-refractivity contribution in [1.82, 2.24) is 9.97 Å². The van der Waals surface area contributed by atoms with Crippen molar-refractivity contribution in [2.75, 3.05) is 19.0 Å². The summed E-state index contributed by atoms with van der Waals surface area (Å²) >= 11 is 0. The van der Waals surface area contributed by atoms with Crippen LogP contribution in [0.3, 0.4) is 0 Å². The van der Waals surface area contributed by atoms with Gasteiger partial charge in [0.05, 0.1) is 12.8 Å². The van der Waals surface area contributed by atoms with Crippen molar-refractivity contribution in [2.24, 2.45) is 0 Å². The lowest BCUT2D eigenvalue weighted by Crippen LogP contribution is -2.08. The third kappa shape index (κ3) is 3.12. The summed E-state index contributed by atoms with van der Waals surface area (Å²) in [6.45, 7) is 6.90. The lowest BCUT2D eigenvalue weighted by Gasteiger charge is -2.18. The van der Waals surface area contributed by atoms with E-state index in [9.17, 15) is 4.39 Å². The molecule has 0 aliphatic rings. The molecule has 0 aliphatic heterocycles. The lowest BCUT2D eigenvalue weighted by molar-refractivity contribution is 0.415. The van der Waals surface area contributed by atoms with Gasteiger partial charge < -0.3 is 10.1 Å². The van der Waals surface area contributed by atoms with Gasteiger partial charge in [0.1, 0.15) is 23.7 Å². The minimum absolute atomic E-state index is 0.197. The molecule has 1 aromatic heterocycles. The van der Waals surface area contributed by atoms with Crippen LogP contribution >= 0.6 is 0 Å². The number of hydrogen-bond donors (Lipinski definition) is 1.